The van der Waals surface area contributed by atoms with Gasteiger partial charge in [0, 0.05) is 22.3 Å². The van der Waals surface area contributed by atoms with E-state index in [0.29, 0.717) is 17.8 Å². The summed E-state index contributed by atoms with van der Waals surface area (Å²) in [6.45, 7) is 2.11. The Morgan fingerprint density at radius 2 is 1.73 bits per heavy atom. The summed E-state index contributed by atoms with van der Waals surface area (Å²) < 4.78 is 5.98. The first kappa shape index (κ1) is 19.7. The minimum Gasteiger partial charge on any atom is -0.497 e. The van der Waals surface area contributed by atoms with E-state index in [2.05, 4.69) is 31.8 Å². The molecule has 136 valence electrons. The van der Waals surface area contributed by atoms with Crippen LogP contribution in [-0.2, 0) is 11.3 Å². The van der Waals surface area contributed by atoms with Gasteiger partial charge < -0.3 is 10.1 Å². The van der Waals surface area contributed by atoms with Crippen molar-refractivity contribution in [3.05, 3.63) is 64.1 Å². The lowest BCUT2D eigenvalue weighted by Crippen LogP contribution is -2.26. The molecule has 0 bridgehead atoms. The second-order valence-corrected chi connectivity index (χ2v) is 6.51. The van der Waals surface area contributed by atoms with E-state index in [1.165, 1.54) is 0 Å². The standard InChI is InChI=1S/C19H20BrN3O3/c1-13(22-23-19(25)15-5-7-16(20)8-6-15)11-18(24)21-12-14-3-9-17(26-2)10-4-14/h3-10H,11-12H2,1-2H3,(H,21,24)(H,23,25)/b22-13-. The third-order valence-electron chi connectivity index (χ3n) is 3.52. The number of hydrazone groups is 1. The number of nitrogens with zero attached hydrogens (tertiary/aromatic N) is 1. The van der Waals surface area contributed by atoms with Crippen LogP contribution in [0.2, 0.25) is 0 Å². The Bertz CT molecular complexity index is 787. The summed E-state index contributed by atoms with van der Waals surface area (Å²) in [6, 6.07) is 14.4. The first-order chi connectivity index (χ1) is 12.5. The molecule has 0 radical (unpaired) electrons. The van der Waals surface area contributed by atoms with Crippen molar-refractivity contribution < 1.29 is 14.3 Å². The van der Waals surface area contributed by atoms with Crippen LogP contribution in [0.1, 0.15) is 29.3 Å². The average molecular weight is 418 g/mol. The average Bonchev–Trinajstić information content (AvgIpc) is 2.65. The van der Waals surface area contributed by atoms with Gasteiger partial charge in [0.25, 0.3) is 5.91 Å². The maximum absolute atomic E-state index is 12.0. The quantitative estimate of drug-likeness (QED) is 0.535. The predicted molar refractivity (Wildman–Crippen MR) is 104 cm³/mol. The molecule has 0 spiro atoms. The molecule has 0 atom stereocenters. The van der Waals surface area contributed by atoms with Gasteiger partial charge in [0.15, 0.2) is 0 Å². The van der Waals surface area contributed by atoms with Crippen molar-refractivity contribution in [3.63, 3.8) is 0 Å². The normalized spacial score (nSPS) is 11.0. The van der Waals surface area contributed by atoms with E-state index < -0.39 is 0 Å². The van der Waals surface area contributed by atoms with Crippen LogP contribution in [0.25, 0.3) is 0 Å². The van der Waals surface area contributed by atoms with Crippen molar-refractivity contribution in [2.45, 2.75) is 19.9 Å². The topological polar surface area (TPSA) is 79.8 Å². The number of methoxy groups -OCH3 is 1. The Labute approximate surface area is 160 Å². The summed E-state index contributed by atoms with van der Waals surface area (Å²) in [6.07, 6.45) is 0.108. The minimum atomic E-state index is -0.324. The highest BCUT2D eigenvalue weighted by Gasteiger charge is 2.07. The Kier molecular flexibility index (Phi) is 7.35. The molecule has 0 aliphatic carbocycles. The van der Waals surface area contributed by atoms with Gasteiger partial charge in [0.1, 0.15) is 5.75 Å². The fraction of sp³-hybridized carbons (Fsp3) is 0.211. The molecule has 0 aliphatic heterocycles. The number of carbonyl (C=O) groups excluding carboxylic acids is 2. The van der Waals surface area contributed by atoms with Gasteiger partial charge in [0.2, 0.25) is 5.91 Å². The number of hydrogen-bond donors (Lipinski definition) is 2. The lowest BCUT2D eigenvalue weighted by molar-refractivity contribution is -0.120. The molecule has 0 aromatic heterocycles. The minimum absolute atomic E-state index is 0.108. The zero-order valence-corrected chi connectivity index (χ0v) is 16.2. The van der Waals surface area contributed by atoms with Gasteiger partial charge in [-0.2, -0.15) is 5.10 Å². The number of benzene rings is 2. The summed E-state index contributed by atoms with van der Waals surface area (Å²) in [5.41, 5.74) is 4.43. The van der Waals surface area contributed by atoms with E-state index in [1.807, 2.05) is 24.3 Å². The molecule has 2 aromatic carbocycles. The zero-order chi connectivity index (χ0) is 18.9. The number of ether oxygens (including phenoxy) is 1. The van der Waals surface area contributed by atoms with Crippen LogP contribution in [0.5, 0.6) is 5.75 Å². The van der Waals surface area contributed by atoms with E-state index in [4.69, 9.17) is 4.74 Å². The van der Waals surface area contributed by atoms with Gasteiger partial charge >= 0.3 is 0 Å². The maximum Gasteiger partial charge on any atom is 0.271 e. The molecule has 0 heterocycles. The lowest BCUT2D eigenvalue weighted by atomic mass is 10.2. The van der Waals surface area contributed by atoms with Gasteiger partial charge in [0.05, 0.1) is 13.5 Å². The van der Waals surface area contributed by atoms with Crippen LogP contribution >= 0.6 is 15.9 Å². The highest BCUT2D eigenvalue weighted by molar-refractivity contribution is 9.10. The molecule has 26 heavy (non-hydrogen) atoms. The highest BCUT2D eigenvalue weighted by atomic mass is 79.9. The number of nitrogens with one attached hydrogen (secondary N) is 2. The Morgan fingerprint density at radius 1 is 1.08 bits per heavy atom. The molecular weight excluding hydrogens is 398 g/mol. The second kappa shape index (κ2) is 9.72. The number of amides is 2. The van der Waals surface area contributed by atoms with Crippen molar-refractivity contribution in [1.82, 2.24) is 10.7 Å². The molecule has 0 saturated heterocycles. The summed E-state index contributed by atoms with van der Waals surface area (Å²) in [7, 11) is 1.61. The molecule has 0 fully saturated rings. The lowest BCUT2D eigenvalue weighted by Gasteiger charge is -2.07. The van der Waals surface area contributed by atoms with Gasteiger partial charge in [-0.25, -0.2) is 5.43 Å². The zero-order valence-electron chi connectivity index (χ0n) is 14.6. The van der Waals surface area contributed by atoms with E-state index in [1.54, 1.807) is 38.3 Å². The number of hydrogen-bond acceptors (Lipinski definition) is 4. The summed E-state index contributed by atoms with van der Waals surface area (Å²) in [5, 5.41) is 6.78. The van der Waals surface area contributed by atoms with Gasteiger partial charge in [-0.15, -0.1) is 0 Å². The molecule has 0 aliphatic rings. The smallest absolute Gasteiger partial charge is 0.271 e. The van der Waals surface area contributed by atoms with Crippen LogP contribution in [0, 0.1) is 0 Å². The van der Waals surface area contributed by atoms with Crippen molar-refractivity contribution in [3.8, 4) is 5.75 Å². The van der Waals surface area contributed by atoms with Crippen LogP contribution in [0.3, 0.4) is 0 Å². The largest absolute Gasteiger partial charge is 0.497 e. The van der Waals surface area contributed by atoms with Gasteiger partial charge in [-0.05, 0) is 48.9 Å². The Morgan fingerprint density at radius 3 is 2.35 bits per heavy atom. The van der Waals surface area contributed by atoms with Crippen LogP contribution in [0.15, 0.2) is 58.1 Å². The monoisotopic (exact) mass is 417 g/mol. The second-order valence-electron chi connectivity index (χ2n) is 5.60. The molecule has 2 rings (SSSR count). The van der Waals surface area contributed by atoms with Crippen molar-refractivity contribution in [2.24, 2.45) is 5.10 Å². The van der Waals surface area contributed by atoms with E-state index in [-0.39, 0.29) is 18.2 Å². The molecule has 2 aromatic rings. The number of halogens is 1. The fourth-order valence-electron chi connectivity index (χ4n) is 2.09. The fourth-order valence-corrected chi connectivity index (χ4v) is 2.35. The van der Waals surface area contributed by atoms with E-state index in [9.17, 15) is 9.59 Å². The predicted octanol–water partition coefficient (Wildman–Crippen LogP) is 3.27. The Balaban J connectivity index is 1.78. The van der Waals surface area contributed by atoms with Crippen LogP contribution < -0.4 is 15.5 Å². The molecule has 0 unspecified atom stereocenters. The summed E-state index contributed by atoms with van der Waals surface area (Å²) in [5.74, 6) is 0.278. The first-order valence-electron chi connectivity index (χ1n) is 7.96. The van der Waals surface area contributed by atoms with Gasteiger partial charge in [-0.1, -0.05) is 28.1 Å². The first-order valence-corrected chi connectivity index (χ1v) is 8.76. The van der Waals surface area contributed by atoms with E-state index >= 15 is 0 Å². The van der Waals surface area contributed by atoms with Gasteiger partial charge in [-0.3, -0.25) is 9.59 Å². The molecule has 2 N–H and O–H groups in total. The summed E-state index contributed by atoms with van der Waals surface area (Å²) in [4.78, 5) is 23.9. The van der Waals surface area contributed by atoms with Crippen molar-refractivity contribution in [1.29, 1.82) is 0 Å². The summed E-state index contributed by atoms with van der Waals surface area (Å²) >= 11 is 3.31. The highest BCUT2D eigenvalue weighted by Crippen LogP contribution is 2.11. The maximum atomic E-state index is 12.0. The number of carbonyl (C=O) groups is 2. The third-order valence-corrected chi connectivity index (χ3v) is 4.05. The van der Waals surface area contributed by atoms with Crippen LogP contribution in [-0.4, -0.2) is 24.6 Å². The molecule has 6 nitrogen and oxygen atoms in total. The Hall–Kier alpha value is -2.67. The van der Waals surface area contributed by atoms with E-state index in [0.717, 1.165) is 15.8 Å². The van der Waals surface area contributed by atoms with Crippen LogP contribution in [0.4, 0.5) is 0 Å². The SMILES string of the molecule is COc1ccc(CNC(=O)C/C(C)=N\NC(=O)c2ccc(Br)cc2)cc1. The molecule has 7 heteroatoms. The number of rotatable bonds is 7. The molecule has 0 saturated carbocycles. The molecular formula is C19H20BrN3O3. The van der Waals surface area contributed by atoms with Crippen molar-refractivity contribution in [2.75, 3.05) is 7.11 Å². The van der Waals surface area contributed by atoms with Crippen molar-refractivity contribution >= 4 is 33.5 Å². The molecule has 2 amide bonds. The third kappa shape index (κ3) is 6.33.